The number of benzene rings is 2. The van der Waals surface area contributed by atoms with E-state index in [-0.39, 0.29) is 44.3 Å². The number of aromatic nitrogens is 4. The zero-order valence-corrected chi connectivity index (χ0v) is 19.6. The molecule has 2 aliphatic rings. The first-order valence-corrected chi connectivity index (χ1v) is 11.8. The van der Waals surface area contributed by atoms with Crippen molar-refractivity contribution >= 4 is 11.8 Å². The Balaban J connectivity index is 1.29. The molecule has 1 N–H and O–H groups in total. The molecule has 2 amide bonds. The van der Waals surface area contributed by atoms with Crippen molar-refractivity contribution in [3.63, 3.8) is 0 Å². The number of nitrogens with one attached hydrogen (secondary N) is 1. The van der Waals surface area contributed by atoms with Gasteiger partial charge in [-0.1, -0.05) is 48.7 Å². The average Bonchev–Trinajstić information content (AvgIpc) is 3.61. The van der Waals surface area contributed by atoms with Gasteiger partial charge in [-0.15, -0.1) is 10.2 Å². The summed E-state index contributed by atoms with van der Waals surface area (Å²) in [5.74, 6) is 1.29. The third kappa shape index (κ3) is 5.59. The van der Waals surface area contributed by atoms with Gasteiger partial charge in [0.2, 0.25) is 24.4 Å². The number of carbonyl (C=O) groups excluding carboxylic acids is 2. The van der Waals surface area contributed by atoms with Crippen LogP contribution >= 0.6 is 0 Å². The van der Waals surface area contributed by atoms with Gasteiger partial charge in [0, 0.05) is 18.2 Å². The first-order valence-electron chi connectivity index (χ1n) is 11.8. The molecule has 3 aromatic rings. The van der Waals surface area contributed by atoms with E-state index in [2.05, 4.69) is 20.7 Å². The second-order valence-electron chi connectivity index (χ2n) is 9.00. The summed E-state index contributed by atoms with van der Waals surface area (Å²) in [6, 6.07) is 13.5. The Bertz CT molecular complexity index is 1200. The molecule has 1 aliphatic carbocycles. The van der Waals surface area contributed by atoms with Gasteiger partial charge in [0.1, 0.15) is 6.54 Å². The fourth-order valence-electron chi connectivity index (χ4n) is 4.36. The summed E-state index contributed by atoms with van der Waals surface area (Å²) in [6.45, 7) is 2.24. The second kappa shape index (κ2) is 10.1. The van der Waals surface area contributed by atoms with Crippen LogP contribution in [0.4, 0.5) is 0 Å². The fraction of sp³-hybridized carbons (Fsp3) is 0.400. The van der Waals surface area contributed by atoms with E-state index in [0.29, 0.717) is 17.3 Å². The lowest BCUT2D eigenvalue weighted by Gasteiger charge is -2.23. The number of nitrogens with zero attached hydrogens (tertiary/aromatic N) is 5. The molecule has 5 rings (SSSR count). The molecule has 0 saturated heterocycles. The fourth-order valence-corrected chi connectivity index (χ4v) is 4.36. The molecule has 2 aromatic carbocycles. The van der Waals surface area contributed by atoms with E-state index in [1.54, 1.807) is 0 Å². The lowest BCUT2D eigenvalue weighted by molar-refractivity contribution is -0.137. The number of fused-ring (bicyclic) bond motifs is 1. The lowest BCUT2D eigenvalue weighted by atomic mass is 10.1. The number of aryl methyl sites for hydroxylation is 1. The molecule has 1 aromatic heterocycles. The van der Waals surface area contributed by atoms with Crippen molar-refractivity contribution in [2.24, 2.45) is 0 Å². The van der Waals surface area contributed by atoms with Crippen molar-refractivity contribution < 1.29 is 19.1 Å². The molecule has 1 fully saturated rings. The van der Waals surface area contributed by atoms with Crippen molar-refractivity contribution in [3.8, 4) is 22.9 Å². The van der Waals surface area contributed by atoms with Crippen LogP contribution in [0.1, 0.15) is 36.8 Å². The highest BCUT2D eigenvalue weighted by Gasteiger charge is 2.23. The van der Waals surface area contributed by atoms with E-state index >= 15 is 0 Å². The molecule has 2 heterocycles. The molecule has 182 valence electrons. The molecule has 0 bridgehead atoms. The van der Waals surface area contributed by atoms with Gasteiger partial charge in [0.05, 0.1) is 6.54 Å². The van der Waals surface area contributed by atoms with Gasteiger partial charge in [0.15, 0.2) is 11.5 Å². The van der Waals surface area contributed by atoms with Crippen LogP contribution < -0.4 is 14.8 Å². The third-order valence-corrected chi connectivity index (χ3v) is 6.26. The van der Waals surface area contributed by atoms with Crippen LogP contribution in [0.5, 0.6) is 11.5 Å². The molecule has 0 radical (unpaired) electrons. The summed E-state index contributed by atoms with van der Waals surface area (Å²) in [5, 5.41) is 15.5. The van der Waals surface area contributed by atoms with Gasteiger partial charge in [-0.05, 0) is 42.7 Å². The first-order chi connectivity index (χ1) is 17.0. The van der Waals surface area contributed by atoms with Gasteiger partial charge >= 0.3 is 0 Å². The summed E-state index contributed by atoms with van der Waals surface area (Å²) < 4.78 is 10.8. The molecule has 0 unspecified atom stereocenters. The van der Waals surface area contributed by atoms with Gasteiger partial charge in [-0.2, -0.15) is 4.80 Å². The van der Waals surface area contributed by atoms with Crippen LogP contribution in [0.25, 0.3) is 11.4 Å². The summed E-state index contributed by atoms with van der Waals surface area (Å²) in [6.07, 6.45) is 4.19. The molecule has 1 aliphatic heterocycles. The standard InChI is InChI=1S/C25H28N6O4/c1-17-6-9-19(10-7-17)25-27-29-31(28-25)15-24(33)30(14-23(32)26-20-4-2-3-5-20)13-18-8-11-21-22(12-18)35-16-34-21/h6-12,20H,2-5,13-16H2,1H3,(H,26,32). The summed E-state index contributed by atoms with van der Waals surface area (Å²) in [4.78, 5) is 28.8. The lowest BCUT2D eigenvalue weighted by Crippen LogP contribution is -2.44. The smallest absolute Gasteiger partial charge is 0.247 e. The summed E-state index contributed by atoms with van der Waals surface area (Å²) in [7, 11) is 0. The minimum absolute atomic E-state index is 0.0523. The van der Waals surface area contributed by atoms with Gasteiger partial charge in [-0.25, -0.2) is 0 Å². The predicted octanol–water partition coefficient (Wildman–Crippen LogP) is 2.46. The largest absolute Gasteiger partial charge is 0.454 e. The normalized spacial score (nSPS) is 14.8. The van der Waals surface area contributed by atoms with Gasteiger partial charge < -0.3 is 19.7 Å². The maximum absolute atomic E-state index is 13.3. The van der Waals surface area contributed by atoms with E-state index in [1.807, 2.05) is 49.4 Å². The van der Waals surface area contributed by atoms with E-state index in [0.717, 1.165) is 42.4 Å². The minimum atomic E-state index is -0.280. The highest BCUT2D eigenvalue weighted by atomic mass is 16.7. The second-order valence-corrected chi connectivity index (χ2v) is 9.00. The Kier molecular flexibility index (Phi) is 6.60. The number of amides is 2. The molecule has 10 nitrogen and oxygen atoms in total. The van der Waals surface area contributed by atoms with E-state index in [9.17, 15) is 9.59 Å². The summed E-state index contributed by atoms with van der Waals surface area (Å²) in [5.41, 5.74) is 2.79. The molecule has 1 saturated carbocycles. The van der Waals surface area contributed by atoms with Crippen LogP contribution in [0.15, 0.2) is 42.5 Å². The van der Waals surface area contributed by atoms with Crippen molar-refractivity contribution in [1.29, 1.82) is 0 Å². The molecule has 0 spiro atoms. The molecule has 10 heteroatoms. The molecule has 0 atom stereocenters. The topological polar surface area (TPSA) is 111 Å². The van der Waals surface area contributed by atoms with Crippen LogP contribution in [0.2, 0.25) is 0 Å². The Hall–Kier alpha value is -3.95. The van der Waals surface area contributed by atoms with Gasteiger partial charge in [0.25, 0.3) is 0 Å². The quantitative estimate of drug-likeness (QED) is 0.532. The Labute approximate surface area is 203 Å². The number of rotatable bonds is 8. The van der Waals surface area contributed by atoms with E-state index < -0.39 is 0 Å². The van der Waals surface area contributed by atoms with Crippen molar-refractivity contribution in [1.82, 2.24) is 30.4 Å². The molecular formula is C25H28N6O4. The van der Waals surface area contributed by atoms with E-state index in [1.165, 1.54) is 9.70 Å². The zero-order chi connectivity index (χ0) is 24.2. The van der Waals surface area contributed by atoms with Crippen LogP contribution in [-0.2, 0) is 22.7 Å². The van der Waals surface area contributed by atoms with E-state index in [4.69, 9.17) is 9.47 Å². The first kappa shape index (κ1) is 22.8. The number of carbonyl (C=O) groups is 2. The molecular weight excluding hydrogens is 448 g/mol. The van der Waals surface area contributed by atoms with Crippen molar-refractivity contribution in [2.75, 3.05) is 13.3 Å². The maximum atomic E-state index is 13.3. The summed E-state index contributed by atoms with van der Waals surface area (Å²) >= 11 is 0. The Morgan fingerprint density at radius 1 is 1.09 bits per heavy atom. The highest BCUT2D eigenvalue weighted by Crippen LogP contribution is 2.32. The minimum Gasteiger partial charge on any atom is -0.454 e. The Morgan fingerprint density at radius 3 is 2.66 bits per heavy atom. The SMILES string of the molecule is Cc1ccc(-c2nnn(CC(=O)N(CC(=O)NC3CCCC3)Cc3ccc4c(c3)OCO4)n2)cc1. The predicted molar refractivity (Wildman–Crippen MR) is 126 cm³/mol. The third-order valence-electron chi connectivity index (χ3n) is 6.26. The highest BCUT2D eigenvalue weighted by molar-refractivity contribution is 5.84. The van der Waals surface area contributed by atoms with Crippen LogP contribution in [-0.4, -0.2) is 56.3 Å². The number of hydrogen-bond acceptors (Lipinski definition) is 7. The average molecular weight is 477 g/mol. The maximum Gasteiger partial charge on any atom is 0.247 e. The zero-order valence-electron chi connectivity index (χ0n) is 19.6. The van der Waals surface area contributed by atoms with Crippen LogP contribution in [0.3, 0.4) is 0 Å². The van der Waals surface area contributed by atoms with Crippen molar-refractivity contribution in [2.45, 2.75) is 51.7 Å². The van der Waals surface area contributed by atoms with Crippen molar-refractivity contribution in [3.05, 3.63) is 53.6 Å². The Morgan fingerprint density at radius 2 is 1.86 bits per heavy atom. The van der Waals surface area contributed by atoms with Gasteiger partial charge in [-0.3, -0.25) is 9.59 Å². The molecule has 35 heavy (non-hydrogen) atoms. The monoisotopic (exact) mass is 476 g/mol. The number of hydrogen-bond donors (Lipinski definition) is 1. The van der Waals surface area contributed by atoms with Crippen LogP contribution in [0, 0.1) is 6.92 Å². The number of tetrazole rings is 1. The number of ether oxygens (including phenoxy) is 2.